The average Bonchev–Trinajstić information content (AvgIpc) is 2.93. The molecule has 2 aromatic rings. The van der Waals surface area contributed by atoms with Gasteiger partial charge in [0.25, 0.3) is 0 Å². The van der Waals surface area contributed by atoms with Crippen LogP contribution in [0.2, 0.25) is 5.02 Å². The van der Waals surface area contributed by atoms with Crippen molar-refractivity contribution in [2.75, 3.05) is 25.1 Å². The summed E-state index contributed by atoms with van der Waals surface area (Å²) in [6, 6.07) is 5.28. The molecular weight excluding hydrogens is 280 g/mol. The number of amides is 1. The van der Waals surface area contributed by atoms with Crippen LogP contribution in [0.4, 0.5) is 5.69 Å². The van der Waals surface area contributed by atoms with Crippen LogP contribution in [0.5, 0.6) is 0 Å². The maximum Gasteiger partial charge on any atom is 0.250 e. The highest BCUT2D eigenvalue weighted by molar-refractivity contribution is 6.33. The zero-order valence-corrected chi connectivity index (χ0v) is 11.5. The first-order valence-corrected chi connectivity index (χ1v) is 6.44. The van der Waals surface area contributed by atoms with Gasteiger partial charge in [0.1, 0.15) is 6.61 Å². The van der Waals surface area contributed by atoms with Crippen LogP contribution >= 0.6 is 11.6 Å². The molecule has 0 spiro atoms. The maximum absolute atomic E-state index is 11.8. The molecule has 0 saturated heterocycles. The van der Waals surface area contributed by atoms with E-state index in [0.717, 1.165) is 0 Å². The van der Waals surface area contributed by atoms with Crippen molar-refractivity contribution in [1.29, 1.82) is 0 Å². The summed E-state index contributed by atoms with van der Waals surface area (Å²) in [5, 5.41) is 3.28. The van der Waals surface area contributed by atoms with Gasteiger partial charge in [-0.2, -0.15) is 0 Å². The van der Waals surface area contributed by atoms with Gasteiger partial charge in [0.2, 0.25) is 5.91 Å². The number of hydrogen-bond donors (Lipinski definition) is 2. The lowest BCUT2D eigenvalue weighted by Gasteiger charge is -2.13. The second kappa shape index (κ2) is 7.04. The molecule has 0 aliphatic heterocycles. The van der Waals surface area contributed by atoms with Gasteiger partial charge < -0.3 is 20.4 Å². The third-order valence-corrected chi connectivity index (χ3v) is 2.82. The Kier molecular flexibility index (Phi) is 5.11. The van der Waals surface area contributed by atoms with E-state index in [1.54, 1.807) is 41.5 Å². The summed E-state index contributed by atoms with van der Waals surface area (Å²) in [6.07, 6.45) is 5.00. The summed E-state index contributed by atoms with van der Waals surface area (Å²) in [5.74, 6) is -0.262. The first-order chi connectivity index (χ1) is 9.72. The highest BCUT2D eigenvalue weighted by Gasteiger charge is 2.11. The van der Waals surface area contributed by atoms with E-state index < -0.39 is 0 Å². The molecule has 0 unspecified atom stereocenters. The van der Waals surface area contributed by atoms with Gasteiger partial charge >= 0.3 is 0 Å². The molecule has 6 nitrogen and oxygen atoms in total. The molecule has 0 radical (unpaired) electrons. The van der Waals surface area contributed by atoms with Gasteiger partial charge in [0.15, 0.2) is 0 Å². The van der Waals surface area contributed by atoms with E-state index in [-0.39, 0.29) is 12.5 Å². The van der Waals surface area contributed by atoms with Gasteiger partial charge in [-0.1, -0.05) is 17.7 Å². The number of ether oxygens (including phenoxy) is 1. The van der Waals surface area contributed by atoms with Crippen molar-refractivity contribution in [2.24, 2.45) is 5.73 Å². The fourth-order valence-electron chi connectivity index (χ4n) is 1.70. The summed E-state index contributed by atoms with van der Waals surface area (Å²) in [4.78, 5) is 15.7. The number of para-hydroxylation sites is 1. The fourth-order valence-corrected chi connectivity index (χ4v) is 1.98. The number of nitrogens with one attached hydrogen (secondary N) is 1. The maximum atomic E-state index is 11.8. The number of carbonyl (C=O) groups is 1. The molecule has 3 N–H and O–H groups in total. The molecule has 1 amide bonds. The van der Waals surface area contributed by atoms with E-state index in [0.29, 0.717) is 29.5 Å². The van der Waals surface area contributed by atoms with Gasteiger partial charge in [0, 0.05) is 18.9 Å². The zero-order valence-electron chi connectivity index (χ0n) is 10.8. The van der Waals surface area contributed by atoms with E-state index in [2.05, 4.69) is 10.3 Å². The minimum atomic E-state index is -0.262. The first kappa shape index (κ1) is 14.5. The zero-order chi connectivity index (χ0) is 14.4. The summed E-state index contributed by atoms with van der Waals surface area (Å²) < 4.78 is 6.82. The molecule has 0 bridgehead atoms. The van der Waals surface area contributed by atoms with Crippen molar-refractivity contribution in [1.82, 2.24) is 9.55 Å². The predicted octanol–water partition coefficient (Wildman–Crippen LogP) is 1.44. The van der Waals surface area contributed by atoms with Gasteiger partial charge in [-0.3, -0.25) is 4.79 Å². The van der Waals surface area contributed by atoms with Crippen molar-refractivity contribution in [3.8, 4) is 5.69 Å². The van der Waals surface area contributed by atoms with Gasteiger partial charge in [-0.05, 0) is 12.1 Å². The van der Waals surface area contributed by atoms with E-state index in [9.17, 15) is 4.79 Å². The van der Waals surface area contributed by atoms with Gasteiger partial charge in [-0.15, -0.1) is 0 Å². The quantitative estimate of drug-likeness (QED) is 0.790. The Bertz CT molecular complexity index is 572. The third-order valence-electron chi connectivity index (χ3n) is 2.52. The van der Waals surface area contributed by atoms with Crippen molar-refractivity contribution >= 4 is 23.2 Å². The molecule has 0 fully saturated rings. The second-order valence-corrected chi connectivity index (χ2v) is 4.40. The Morgan fingerprint density at radius 1 is 1.50 bits per heavy atom. The SMILES string of the molecule is NCCOCC(=O)Nc1cccc(Cl)c1-n1ccnc1. The van der Waals surface area contributed by atoms with Crippen LogP contribution in [0.1, 0.15) is 0 Å². The highest BCUT2D eigenvalue weighted by Crippen LogP contribution is 2.28. The summed E-state index contributed by atoms with van der Waals surface area (Å²) >= 11 is 6.18. The minimum Gasteiger partial charge on any atom is -0.370 e. The second-order valence-electron chi connectivity index (χ2n) is 4.00. The molecule has 0 atom stereocenters. The van der Waals surface area contributed by atoms with Crippen molar-refractivity contribution < 1.29 is 9.53 Å². The lowest BCUT2D eigenvalue weighted by atomic mass is 10.2. The number of nitrogens with two attached hydrogens (primary N) is 1. The summed E-state index contributed by atoms with van der Waals surface area (Å²) in [7, 11) is 0. The number of anilines is 1. The van der Waals surface area contributed by atoms with Crippen LogP contribution < -0.4 is 11.1 Å². The number of benzene rings is 1. The Morgan fingerprint density at radius 2 is 2.35 bits per heavy atom. The minimum absolute atomic E-state index is 0.0485. The van der Waals surface area contributed by atoms with Gasteiger partial charge in [0.05, 0.1) is 29.3 Å². The molecule has 7 heteroatoms. The number of carbonyl (C=O) groups excluding carboxylic acids is 1. The van der Waals surface area contributed by atoms with Crippen LogP contribution in [-0.2, 0) is 9.53 Å². The number of halogens is 1. The Labute approximate surface area is 121 Å². The van der Waals surface area contributed by atoms with E-state index in [4.69, 9.17) is 22.1 Å². The van der Waals surface area contributed by atoms with Crippen molar-refractivity contribution in [3.63, 3.8) is 0 Å². The summed E-state index contributed by atoms with van der Waals surface area (Å²) in [6.45, 7) is 0.676. The molecule has 2 rings (SSSR count). The normalized spacial score (nSPS) is 10.5. The number of rotatable bonds is 6. The molecule has 1 aromatic carbocycles. The van der Waals surface area contributed by atoms with Crippen molar-refractivity contribution in [3.05, 3.63) is 41.9 Å². The van der Waals surface area contributed by atoms with Crippen LogP contribution in [-0.4, -0.2) is 35.2 Å². The number of hydrogen-bond acceptors (Lipinski definition) is 4. The lowest BCUT2D eigenvalue weighted by Crippen LogP contribution is -2.21. The van der Waals surface area contributed by atoms with E-state index in [1.165, 1.54) is 0 Å². The molecule has 0 aliphatic rings. The largest absolute Gasteiger partial charge is 0.370 e. The molecule has 1 aromatic heterocycles. The van der Waals surface area contributed by atoms with Crippen LogP contribution in [0.15, 0.2) is 36.9 Å². The predicted molar refractivity (Wildman–Crippen MR) is 77.1 cm³/mol. The standard InChI is InChI=1S/C13H15ClN4O2/c14-10-2-1-3-11(13(10)18-6-5-16-9-18)17-12(19)8-20-7-4-15/h1-3,5-6,9H,4,7-8,15H2,(H,17,19). The Morgan fingerprint density at radius 3 is 3.05 bits per heavy atom. The highest BCUT2D eigenvalue weighted by atomic mass is 35.5. The number of imidazole rings is 1. The Balaban J connectivity index is 2.16. The first-order valence-electron chi connectivity index (χ1n) is 6.07. The molecule has 106 valence electrons. The smallest absolute Gasteiger partial charge is 0.250 e. The number of aromatic nitrogens is 2. The monoisotopic (exact) mass is 294 g/mol. The van der Waals surface area contributed by atoms with Crippen LogP contribution in [0.3, 0.4) is 0 Å². The fraction of sp³-hybridized carbons (Fsp3) is 0.231. The van der Waals surface area contributed by atoms with Gasteiger partial charge in [-0.25, -0.2) is 4.98 Å². The lowest BCUT2D eigenvalue weighted by molar-refractivity contribution is -0.120. The van der Waals surface area contributed by atoms with Crippen molar-refractivity contribution in [2.45, 2.75) is 0 Å². The topological polar surface area (TPSA) is 82.2 Å². The third kappa shape index (κ3) is 3.57. The molecule has 1 heterocycles. The van der Waals surface area contributed by atoms with E-state index >= 15 is 0 Å². The van der Waals surface area contributed by atoms with Crippen LogP contribution in [0.25, 0.3) is 5.69 Å². The number of nitrogens with zero attached hydrogens (tertiary/aromatic N) is 2. The van der Waals surface area contributed by atoms with E-state index in [1.807, 2.05) is 0 Å². The molecule has 0 saturated carbocycles. The molecule has 0 aliphatic carbocycles. The molecular formula is C13H15ClN4O2. The van der Waals surface area contributed by atoms with Crippen LogP contribution in [0, 0.1) is 0 Å². The average molecular weight is 295 g/mol. The summed E-state index contributed by atoms with van der Waals surface area (Å²) in [5.41, 5.74) is 6.55. The molecule has 20 heavy (non-hydrogen) atoms. The Hall–Kier alpha value is -1.89.